The van der Waals surface area contributed by atoms with Crippen LogP contribution >= 0.6 is 0 Å². The molecule has 1 atom stereocenters. The van der Waals surface area contributed by atoms with Gasteiger partial charge in [0.15, 0.2) is 0 Å². The predicted octanol–water partition coefficient (Wildman–Crippen LogP) is 0.241. The zero-order chi connectivity index (χ0) is 10.6. The Balaban J connectivity index is 2.47. The number of hydrogen-bond acceptors (Lipinski definition) is 3. The van der Waals surface area contributed by atoms with Gasteiger partial charge in [-0.05, 0) is 19.5 Å². The van der Waals surface area contributed by atoms with Crippen molar-refractivity contribution in [3.05, 3.63) is 17.5 Å². The van der Waals surface area contributed by atoms with Crippen LogP contribution in [-0.2, 0) is 13.5 Å². The minimum Gasteiger partial charge on any atom is -0.391 e. The first-order chi connectivity index (χ1) is 6.63. The molecular weight excluding hydrogens is 178 g/mol. The van der Waals surface area contributed by atoms with Gasteiger partial charge in [0.25, 0.3) is 0 Å². The van der Waals surface area contributed by atoms with E-state index < -0.39 is 0 Å². The van der Waals surface area contributed by atoms with Gasteiger partial charge < -0.3 is 10.4 Å². The molecule has 0 bridgehead atoms. The van der Waals surface area contributed by atoms with E-state index in [0.29, 0.717) is 13.0 Å². The van der Waals surface area contributed by atoms with Crippen LogP contribution in [0.25, 0.3) is 0 Å². The van der Waals surface area contributed by atoms with Crippen molar-refractivity contribution in [1.82, 2.24) is 15.1 Å². The Hall–Kier alpha value is -0.870. The molecule has 2 N–H and O–H groups in total. The lowest BCUT2D eigenvalue weighted by Crippen LogP contribution is -2.28. The van der Waals surface area contributed by atoms with Crippen LogP contribution in [0.5, 0.6) is 0 Å². The smallest absolute Gasteiger partial charge is 0.0719 e. The molecule has 0 saturated heterocycles. The molecule has 14 heavy (non-hydrogen) atoms. The van der Waals surface area contributed by atoms with Crippen molar-refractivity contribution in [2.75, 3.05) is 13.1 Å². The van der Waals surface area contributed by atoms with E-state index in [4.69, 9.17) is 0 Å². The van der Waals surface area contributed by atoms with Gasteiger partial charge in [-0.2, -0.15) is 5.10 Å². The molecule has 0 saturated carbocycles. The summed E-state index contributed by atoms with van der Waals surface area (Å²) in [6.07, 6.45) is 0.328. The standard InChI is InChI=1S/C10H19N3O/c1-4-11-7-10(14)6-9-5-8(2)12-13(9)3/h5,10-11,14H,4,6-7H2,1-3H3. The van der Waals surface area contributed by atoms with Crippen molar-refractivity contribution in [2.24, 2.45) is 7.05 Å². The highest BCUT2D eigenvalue weighted by Gasteiger charge is 2.08. The van der Waals surface area contributed by atoms with Gasteiger partial charge in [0.2, 0.25) is 0 Å². The van der Waals surface area contributed by atoms with Crippen LogP contribution in [0.15, 0.2) is 6.07 Å². The van der Waals surface area contributed by atoms with E-state index in [1.807, 2.05) is 31.6 Å². The third-order valence-electron chi connectivity index (χ3n) is 2.17. The molecule has 0 aliphatic rings. The highest BCUT2D eigenvalue weighted by atomic mass is 16.3. The quantitative estimate of drug-likeness (QED) is 0.711. The number of nitrogens with one attached hydrogen (secondary N) is 1. The van der Waals surface area contributed by atoms with Crippen LogP contribution in [0.3, 0.4) is 0 Å². The molecule has 0 radical (unpaired) electrons. The Morgan fingerprint density at radius 3 is 2.86 bits per heavy atom. The van der Waals surface area contributed by atoms with Gasteiger partial charge in [-0.25, -0.2) is 0 Å². The van der Waals surface area contributed by atoms with Crippen molar-refractivity contribution < 1.29 is 5.11 Å². The van der Waals surface area contributed by atoms with Gasteiger partial charge in [0.05, 0.1) is 11.8 Å². The van der Waals surface area contributed by atoms with Crippen LogP contribution in [0.1, 0.15) is 18.3 Å². The molecule has 4 heteroatoms. The molecule has 0 amide bonds. The lowest BCUT2D eigenvalue weighted by molar-refractivity contribution is 0.170. The maximum atomic E-state index is 9.66. The van der Waals surface area contributed by atoms with Crippen molar-refractivity contribution in [1.29, 1.82) is 0 Å². The zero-order valence-electron chi connectivity index (χ0n) is 9.12. The average molecular weight is 197 g/mol. The highest BCUT2D eigenvalue weighted by molar-refractivity contribution is 5.09. The molecule has 0 fully saturated rings. The van der Waals surface area contributed by atoms with Gasteiger partial charge in [0, 0.05) is 25.7 Å². The van der Waals surface area contributed by atoms with Gasteiger partial charge in [0.1, 0.15) is 0 Å². The van der Waals surface area contributed by atoms with Crippen LogP contribution < -0.4 is 5.32 Å². The summed E-state index contributed by atoms with van der Waals surface area (Å²) in [6, 6.07) is 2.01. The van der Waals surface area contributed by atoms with E-state index in [1.54, 1.807) is 0 Å². The molecule has 1 aromatic heterocycles. The number of aromatic nitrogens is 2. The summed E-state index contributed by atoms with van der Waals surface area (Å²) < 4.78 is 1.82. The molecule has 1 aromatic rings. The van der Waals surface area contributed by atoms with Crippen molar-refractivity contribution in [2.45, 2.75) is 26.4 Å². The molecule has 0 aliphatic carbocycles. The molecule has 4 nitrogen and oxygen atoms in total. The minimum absolute atomic E-state index is 0.329. The monoisotopic (exact) mass is 197 g/mol. The van der Waals surface area contributed by atoms with Crippen LogP contribution in [0.2, 0.25) is 0 Å². The van der Waals surface area contributed by atoms with E-state index in [2.05, 4.69) is 10.4 Å². The summed E-state index contributed by atoms with van der Waals surface area (Å²) in [4.78, 5) is 0. The summed E-state index contributed by atoms with van der Waals surface area (Å²) in [6.45, 7) is 5.52. The summed E-state index contributed by atoms with van der Waals surface area (Å²) in [5.41, 5.74) is 2.08. The van der Waals surface area contributed by atoms with Crippen molar-refractivity contribution in [3.8, 4) is 0 Å². The molecule has 1 rings (SSSR count). The zero-order valence-corrected chi connectivity index (χ0v) is 9.12. The summed E-state index contributed by atoms with van der Waals surface area (Å²) in [7, 11) is 1.91. The fraction of sp³-hybridized carbons (Fsp3) is 0.700. The Kier molecular flexibility index (Phi) is 4.10. The van der Waals surface area contributed by atoms with E-state index in [0.717, 1.165) is 17.9 Å². The summed E-state index contributed by atoms with van der Waals surface area (Å²) in [5, 5.41) is 17.0. The number of likely N-dealkylation sites (N-methyl/N-ethyl adjacent to an activating group) is 1. The largest absolute Gasteiger partial charge is 0.391 e. The molecule has 0 aliphatic heterocycles. The third kappa shape index (κ3) is 3.12. The van der Waals surface area contributed by atoms with Crippen LogP contribution in [-0.4, -0.2) is 34.1 Å². The Bertz CT molecular complexity index is 283. The Labute approximate surface area is 84.9 Å². The summed E-state index contributed by atoms with van der Waals surface area (Å²) in [5.74, 6) is 0. The van der Waals surface area contributed by atoms with Gasteiger partial charge in [-0.15, -0.1) is 0 Å². The SMILES string of the molecule is CCNCC(O)Cc1cc(C)nn1C. The number of nitrogens with zero attached hydrogens (tertiary/aromatic N) is 2. The number of aliphatic hydroxyl groups is 1. The third-order valence-corrected chi connectivity index (χ3v) is 2.17. The highest BCUT2D eigenvalue weighted by Crippen LogP contribution is 2.04. The molecule has 0 aromatic carbocycles. The van der Waals surface area contributed by atoms with E-state index in [1.165, 1.54) is 0 Å². The Morgan fingerprint density at radius 2 is 2.36 bits per heavy atom. The number of hydrogen-bond donors (Lipinski definition) is 2. The van der Waals surface area contributed by atoms with Crippen molar-refractivity contribution in [3.63, 3.8) is 0 Å². The first-order valence-electron chi connectivity index (χ1n) is 5.01. The Morgan fingerprint density at radius 1 is 1.64 bits per heavy atom. The lowest BCUT2D eigenvalue weighted by Gasteiger charge is -2.10. The molecule has 0 spiro atoms. The average Bonchev–Trinajstić information content (AvgIpc) is 2.42. The number of aryl methyl sites for hydroxylation is 2. The van der Waals surface area contributed by atoms with E-state index in [9.17, 15) is 5.11 Å². The van der Waals surface area contributed by atoms with Gasteiger partial charge >= 0.3 is 0 Å². The van der Waals surface area contributed by atoms with Gasteiger partial charge in [-0.3, -0.25) is 4.68 Å². The fourth-order valence-corrected chi connectivity index (χ4v) is 1.48. The predicted molar refractivity (Wildman–Crippen MR) is 56.2 cm³/mol. The summed E-state index contributed by atoms with van der Waals surface area (Å²) >= 11 is 0. The van der Waals surface area contributed by atoms with Crippen LogP contribution in [0.4, 0.5) is 0 Å². The van der Waals surface area contributed by atoms with Crippen molar-refractivity contribution >= 4 is 0 Å². The molecular formula is C10H19N3O. The second-order valence-electron chi connectivity index (χ2n) is 3.57. The van der Waals surface area contributed by atoms with E-state index in [-0.39, 0.29) is 6.10 Å². The molecule has 80 valence electrons. The lowest BCUT2D eigenvalue weighted by atomic mass is 10.2. The topological polar surface area (TPSA) is 50.1 Å². The maximum Gasteiger partial charge on any atom is 0.0719 e. The molecule has 1 unspecified atom stereocenters. The van der Waals surface area contributed by atoms with E-state index >= 15 is 0 Å². The first-order valence-corrected chi connectivity index (χ1v) is 5.01. The first kappa shape index (κ1) is 11.2. The second-order valence-corrected chi connectivity index (χ2v) is 3.57. The molecule has 1 heterocycles. The number of aliphatic hydroxyl groups excluding tert-OH is 1. The number of rotatable bonds is 5. The maximum absolute atomic E-state index is 9.66. The minimum atomic E-state index is -0.329. The second kappa shape index (κ2) is 5.12. The van der Waals surface area contributed by atoms with Gasteiger partial charge in [-0.1, -0.05) is 6.92 Å². The van der Waals surface area contributed by atoms with Crippen LogP contribution in [0, 0.1) is 6.92 Å². The normalized spacial score (nSPS) is 13.1. The fourth-order valence-electron chi connectivity index (χ4n) is 1.48.